The van der Waals surface area contributed by atoms with Gasteiger partial charge in [-0.15, -0.1) is 0 Å². The average molecular weight is 292 g/mol. The zero-order valence-corrected chi connectivity index (χ0v) is 13.1. The fourth-order valence-electron chi connectivity index (χ4n) is 2.53. The summed E-state index contributed by atoms with van der Waals surface area (Å²) < 4.78 is 5.67. The Balaban J connectivity index is 1.95. The molecule has 0 aromatic carbocycles. The van der Waals surface area contributed by atoms with Gasteiger partial charge in [-0.1, -0.05) is 20.8 Å². The van der Waals surface area contributed by atoms with Crippen molar-refractivity contribution in [2.45, 2.75) is 53.1 Å². The van der Waals surface area contributed by atoms with E-state index in [9.17, 15) is 9.59 Å². The molecule has 1 N–H and O–H groups in total. The Kier molecular flexibility index (Phi) is 4.83. The van der Waals surface area contributed by atoms with Crippen LogP contribution in [0, 0.1) is 5.41 Å². The van der Waals surface area contributed by atoms with Crippen molar-refractivity contribution in [3.63, 3.8) is 0 Å². The topological polar surface area (TPSA) is 62.6 Å². The van der Waals surface area contributed by atoms with Gasteiger partial charge >= 0.3 is 0 Å². The second-order valence-corrected chi connectivity index (χ2v) is 6.44. The van der Waals surface area contributed by atoms with E-state index in [-0.39, 0.29) is 23.8 Å². The number of furan rings is 1. The minimum absolute atomic E-state index is 0.113. The SMILES string of the molecule is CCCNCc1ccc(CN2C(=O)CC(C)(C)CC2=O)o1. The van der Waals surface area contributed by atoms with Crippen LogP contribution < -0.4 is 5.32 Å². The molecule has 0 bridgehead atoms. The minimum atomic E-state index is -0.233. The number of carbonyl (C=O) groups excluding carboxylic acids is 2. The van der Waals surface area contributed by atoms with Crippen molar-refractivity contribution in [1.29, 1.82) is 0 Å². The third kappa shape index (κ3) is 4.17. The highest BCUT2D eigenvalue weighted by Gasteiger charge is 2.37. The average Bonchev–Trinajstić information content (AvgIpc) is 2.81. The van der Waals surface area contributed by atoms with Gasteiger partial charge in [0, 0.05) is 12.8 Å². The number of nitrogens with zero attached hydrogens (tertiary/aromatic N) is 1. The summed E-state index contributed by atoms with van der Waals surface area (Å²) in [7, 11) is 0. The Hall–Kier alpha value is -1.62. The van der Waals surface area contributed by atoms with Crippen LogP contribution in [0.1, 0.15) is 51.6 Å². The van der Waals surface area contributed by atoms with Crippen molar-refractivity contribution in [1.82, 2.24) is 10.2 Å². The van der Waals surface area contributed by atoms with E-state index in [1.807, 2.05) is 26.0 Å². The summed E-state index contributed by atoms with van der Waals surface area (Å²) in [6.45, 7) is 7.85. The first kappa shape index (κ1) is 15.8. The van der Waals surface area contributed by atoms with Crippen molar-refractivity contribution in [3.05, 3.63) is 23.7 Å². The molecule has 1 aliphatic heterocycles. The summed E-state index contributed by atoms with van der Waals surface area (Å²) in [6.07, 6.45) is 1.88. The Labute approximate surface area is 125 Å². The van der Waals surface area contributed by atoms with Gasteiger partial charge in [-0.05, 0) is 30.5 Å². The first-order chi connectivity index (χ1) is 9.91. The molecule has 0 atom stereocenters. The van der Waals surface area contributed by atoms with E-state index in [2.05, 4.69) is 12.2 Å². The standard InChI is InChI=1S/C16H24N2O3/c1-4-7-17-10-12-5-6-13(21-12)11-18-14(19)8-16(2,3)9-15(18)20/h5-6,17H,4,7-11H2,1-3H3. The number of imide groups is 1. The molecule has 2 amide bonds. The minimum Gasteiger partial charge on any atom is -0.463 e. The lowest BCUT2D eigenvalue weighted by atomic mass is 9.82. The molecule has 1 aromatic heterocycles. The third-order valence-electron chi connectivity index (χ3n) is 3.62. The molecular weight excluding hydrogens is 268 g/mol. The quantitative estimate of drug-likeness (QED) is 0.646. The number of carbonyl (C=O) groups is 2. The maximum Gasteiger partial charge on any atom is 0.230 e. The van der Waals surface area contributed by atoms with Crippen LogP contribution in [-0.4, -0.2) is 23.3 Å². The molecule has 116 valence electrons. The number of amides is 2. The zero-order chi connectivity index (χ0) is 15.5. The van der Waals surface area contributed by atoms with E-state index in [4.69, 9.17) is 4.42 Å². The van der Waals surface area contributed by atoms with Gasteiger partial charge in [-0.25, -0.2) is 0 Å². The highest BCUT2D eigenvalue weighted by atomic mass is 16.3. The second kappa shape index (κ2) is 6.43. The number of hydrogen-bond donors (Lipinski definition) is 1. The molecular formula is C16H24N2O3. The van der Waals surface area contributed by atoms with E-state index < -0.39 is 0 Å². The summed E-state index contributed by atoms with van der Waals surface area (Å²) in [6, 6.07) is 3.73. The van der Waals surface area contributed by atoms with Crippen LogP contribution >= 0.6 is 0 Å². The van der Waals surface area contributed by atoms with E-state index in [0.717, 1.165) is 18.7 Å². The molecule has 0 radical (unpaired) electrons. The van der Waals surface area contributed by atoms with Crippen LogP contribution in [0.15, 0.2) is 16.5 Å². The number of piperidine rings is 1. The van der Waals surface area contributed by atoms with Crippen molar-refractivity contribution >= 4 is 11.8 Å². The summed E-state index contributed by atoms with van der Waals surface area (Å²) in [5.74, 6) is 1.26. The van der Waals surface area contributed by atoms with Crippen LogP contribution in [0.5, 0.6) is 0 Å². The van der Waals surface area contributed by atoms with E-state index in [0.29, 0.717) is 25.1 Å². The lowest BCUT2D eigenvalue weighted by Gasteiger charge is -2.34. The smallest absolute Gasteiger partial charge is 0.230 e. The Bertz CT molecular complexity index is 499. The zero-order valence-electron chi connectivity index (χ0n) is 13.1. The maximum absolute atomic E-state index is 12.1. The number of rotatable bonds is 6. The normalized spacial score (nSPS) is 18.3. The van der Waals surface area contributed by atoms with Crippen molar-refractivity contribution in [2.75, 3.05) is 6.54 Å². The van der Waals surface area contributed by atoms with Crippen LogP contribution in [-0.2, 0) is 22.7 Å². The van der Waals surface area contributed by atoms with Gasteiger partial charge in [-0.3, -0.25) is 14.5 Å². The molecule has 0 saturated carbocycles. The molecule has 0 unspecified atom stereocenters. The number of likely N-dealkylation sites (tertiary alicyclic amines) is 1. The molecule has 2 heterocycles. The molecule has 21 heavy (non-hydrogen) atoms. The van der Waals surface area contributed by atoms with Gasteiger partial charge in [0.25, 0.3) is 0 Å². The summed E-state index contributed by atoms with van der Waals surface area (Å²) in [4.78, 5) is 25.5. The predicted molar refractivity (Wildman–Crippen MR) is 79.3 cm³/mol. The second-order valence-electron chi connectivity index (χ2n) is 6.44. The van der Waals surface area contributed by atoms with Gasteiger partial charge in [0.05, 0.1) is 13.1 Å². The van der Waals surface area contributed by atoms with Crippen LogP contribution in [0.4, 0.5) is 0 Å². The molecule has 1 saturated heterocycles. The van der Waals surface area contributed by atoms with Gasteiger partial charge < -0.3 is 9.73 Å². The molecule has 2 rings (SSSR count). The summed E-state index contributed by atoms with van der Waals surface area (Å²) in [5, 5.41) is 3.26. The lowest BCUT2D eigenvalue weighted by molar-refractivity contribution is -0.153. The maximum atomic E-state index is 12.1. The first-order valence-electron chi connectivity index (χ1n) is 7.53. The highest BCUT2D eigenvalue weighted by molar-refractivity contribution is 5.98. The van der Waals surface area contributed by atoms with Gasteiger partial charge in [-0.2, -0.15) is 0 Å². The van der Waals surface area contributed by atoms with E-state index >= 15 is 0 Å². The van der Waals surface area contributed by atoms with E-state index in [1.54, 1.807) is 0 Å². The Morgan fingerprint density at radius 1 is 1.19 bits per heavy atom. The molecule has 1 fully saturated rings. The fourth-order valence-corrected chi connectivity index (χ4v) is 2.53. The van der Waals surface area contributed by atoms with Crippen molar-refractivity contribution in [3.8, 4) is 0 Å². The monoisotopic (exact) mass is 292 g/mol. The van der Waals surface area contributed by atoms with Gasteiger partial charge in [0.15, 0.2) is 0 Å². The van der Waals surface area contributed by atoms with Gasteiger partial charge in [0.1, 0.15) is 11.5 Å². The Morgan fingerprint density at radius 2 is 1.81 bits per heavy atom. The predicted octanol–water partition coefficient (Wildman–Crippen LogP) is 2.45. The molecule has 1 aliphatic rings. The first-order valence-corrected chi connectivity index (χ1v) is 7.53. The summed E-state index contributed by atoms with van der Waals surface area (Å²) in [5.41, 5.74) is -0.233. The Morgan fingerprint density at radius 3 is 2.43 bits per heavy atom. The fraction of sp³-hybridized carbons (Fsp3) is 0.625. The van der Waals surface area contributed by atoms with Crippen molar-refractivity contribution in [2.24, 2.45) is 5.41 Å². The summed E-state index contributed by atoms with van der Waals surface area (Å²) >= 11 is 0. The molecule has 0 aliphatic carbocycles. The largest absolute Gasteiger partial charge is 0.463 e. The van der Waals surface area contributed by atoms with Crippen LogP contribution in [0.2, 0.25) is 0 Å². The molecule has 1 aromatic rings. The molecule has 0 spiro atoms. The van der Waals surface area contributed by atoms with Crippen molar-refractivity contribution < 1.29 is 14.0 Å². The van der Waals surface area contributed by atoms with Crippen LogP contribution in [0.25, 0.3) is 0 Å². The van der Waals surface area contributed by atoms with Gasteiger partial charge in [0.2, 0.25) is 11.8 Å². The molecule has 5 nitrogen and oxygen atoms in total. The number of hydrogen-bond acceptors (Lipinski definition) is 4. The van der Waals surface area contributed by atoms with E-state index in [1.165, 1.54) is 4.90 Å². The number of nitrogens with one attached hydrogen (secondary N) is 1. The lowest BCUT2D eigenvalue weighted by Crippen LogP contribution is -2.45. The molecule has 5 heteroatoms. The highest BCUT2D eigenvalue weighted by Crippen LogP contribution is 2.32. The van der Waals surface area contributed by atoms with Crippen LogP contribution in [0.3, 0.4) is 0 Å². The third-order valence-corrected chi connectivity index (χ3v) is 3.62.